The number of carbonyl (C=O) groups is 1. The maximum absolute atomic E-state index is 12.0. The first-order valence-corrected chi connectivity index (χ1v) is 9.07. The second kappa shape index (κ2) is 9.80. The van der Waals surface area contributed by atoms with Gasteiger partial charge >= 0.3 is 0 Å². The molecular weight excluding hydrogens is 364 g/mol. The summed E-state index contributed by atoms with van der Waals surface area (Å²) in [6.07, 6.45) is 2.02. The molecule has 0 aliphatic heterocycles. The number of rotatable bonds is 9. The maximum Gasteiger partial charge on any atom is 0.225 e. The summed E-state index contributed by atoms with van der Waals surface area (Å²) in [6.45, 7) is 1.65. The van der Waals surface area contributed by atoms with Crippen LogP contribution in [0.3, 0.4) is 0 Å². The summed E-state index contributed by atoms with van der Waals surface area (Å²) in [5.41, 5.74) is 1.78. The quantitative estimate of drug-likeness (QED) is 0.528. The third kappa shape index (κ3) is 6.47. The molecule has 0 atom stereocenters. The summed E-state index contributed by atoms with van der Waals surface area (Å²) in [5.74, 6) is 1.55. The average Bonchev–Trinajstić information content (AvgIpc) is 3.19. The highest BCUT2D eigenvalue weighted by Crippen LogP contribution is 2.18. The number of hydrogen-bond donors (Lipinski definition) is 2. The lowest BCUT2D eigenvalue weighted by Gasteiger charge is -2.09. The number of nitrogens with one attached hydrogen (secondary N) is 2. The second-order valence-corrected chi connectivity index (χ2v) is 6.43. The van der Waals surface area contributed by atoms with E-state index in [2.05, 4.69) is 10.6 Å². The van der Waals surface area contributed by atoms with Gasteiger partial charge in [0.05, 0.1) is 12.8 Å². The predicted octanol–water partition coefficient (Wildman–Crippen LogP) is 4.63. The number of carbonyl (C=O) groups excluding carboxylic acids is 1. The molecule has 0 spiro atoms. The van der Waals surface area contributed by atoms with Gasteiger partial charge in [0.2, 0.25) is 5.91 Å². The van der Waals surface area contributed by atoms with E-state index in [-0.39, 0.29) is 5.91 Å². The van der Waals surface area contributed by atoms with Gasteiger partial charge in [-0.2, -0.15) is 0 Å². The molecule has 140 valence electrons. The SMILES string of the molecule is O=C(CCNCc1ccco1)Nc1ccc(OCc2ccc(Cl)cc2)cc1. The Labute approximate surface area is 163 Å². The fraction of sp³-hybridized carbons (Fsp3) is 0.190. The molecule has 1 amide bonds. The Kier molecular flexibility index (Phi) is 6.90. The van der Waals surface area contributed by atoms with E-state index < -0.39 is 0 Å². The zero-order valence-corrected chi connectivity index (χ0v) is 15.5. The van der Waals surface area contributed by atoms with Crippen molar-refractivity contribution in [3.63, 3.8) is 0 Å². The molecule has 0 saturated heterocycles. The monoisotopic (exact) mass is 384 g/mol. The molecule has 0 aliphatic carbocycles. The minimum absolute atomic E-state index is 0.0447. The fourth-order valence-corrected chi connectivity index (χ4v) is 2.56. The number of amides is 1. The first-order chi connectivity index (χ1) is 13.2. The minimum atomic E-state index is -0.0447. The number of hydrogen-bond acceptors (Lipinski definition) is 4. The van der Waals surface area contributed by atoms with Crippen LogP contribution >= 0.6 is 11.6 Å². The molecule has 27 heavy (non-hydrogen) atoms. The molecule has 6 heteroatoms. The highest BCUT2D eigenvalue weighted by atomic mass is 35.5. The lowest BCUT2D eigenvalue weighted by atomic mass is 10.2. The Bertz CT molecular complexity index is 831. The molecular formula is C21H21ClN2O3. The topological polar surface area (TPSA) is 63.5 Å². The zero-order valence-electron chi connectivity index (χ0n) is 14.8. The van der Waals surface area contributed by atoms with Crippen molar-refractivity contribution in [1.82, 2.24) is 5.32 Å². The fourth-order valence-electron chi connectivity index (χ4n) is 2.43. The molecule has 0 saturated carbocycles. The minimum Gasteiger partial charge on any atom is -0.489 e. The normalized spacial score (nSPS) is 10.6. The molecule has 1 aromatic heterocycles. The highest BCUT2D eigenvalue weighted by Gasteiger charge is 2.03. The first kappa shape index (κ1) is 19.0. The van der Waals surface area contributed by atoms with Crippen LogP contribution in [0, 0.1) is 0 Å². The lowest BCUT2D eigenvalue weighted by Crippen LogP contribution is -2.21. The zero-order chi connectivity index (χ0) is 18.9. The van der Waals surface area contributed by atoms with Crippen LogP contribution in [-0.4, -0.2) is 12.5 Å². The van der Waals surface area contributed by atoms with E-state index in [1.54, 1.807) is 6.26 Å². The van der Waals surface area contributed by atoms with Crippen molar-refractivity contribution in [1.29, 1.82) is 0 Å². The molecule has 0 radical (unpaired) electrons. The molecule has 0 bridgehead atoms. The van der Waals surface area contributed by atoms with Crippen LogP contribution in [0.15, 0.2) is 71.3 Å². The van der Waals surface area contributed by atoms with Crippen LogP contribution in [0.25, 0.3) is 0 Å². The van der Waals surface area contributed by atoms with Crippen molar-refractivity contribution in [2.24, 2.45) is 0 Å². The van der Waals surface area contributed by atoms with E-state index in [0.717, 1.165) is 22.8 Å². The Morgan fingerprint density at radius 2 is 1.81 bits per heavy atom. The van der Waals surface area contributed by atoms with E-state index in [1.807, 2.05) is 60.7 Å². The summed E-state index contributed by atoms with van der Waals surface area (Å²) < 4.78 is 11.0. The molecule has 2 aromatic carbocycles. The van der Waals surface area contributed by atoms with Gasteiger partial charge in [-0.25, -0.2) is 0 Å². The van der Waals surface area contributed by atoms with E-state index in [0.29, 0.717) is 31.1 Å². The van der Waals surface area contributed by atoms with E-state index in [4.69, 9.17) is 20.8 Å². The van der Waals surface area contributed by atoms with Crippen LogP contribution in [-0.2, 0) is 17.9 Å². The van der Waals surface area contributed by atoms with Gasteiger partial charge in [0, 0.05) is 23.7 Å². The van der Waals surface area contributed by atoms with Crippen LogP contribution in [0.1, 0.15) is 17.7 Å². The van der Waals surface area contributed by atoms with Crippen LogP contribution < -0.4 is 15.4 Å². The van der Waals surface area contributed by atoms with Gasteiger partial charge in [0.25, 0.3) is 0 Å². The molecule has 2 N–H and O–H groups in total. The van der Waals surface area contributed by atoms with Gasteiger partial charge < -0.3 is 19.8 Å². The van der Waals surface area contributed by atoms with Gasteiger partial charge in [0.15, 0.2) is 0 Å². The molecule has 5 nitrogen and oxygen atoms in total. The number of furan rings is 1. The molecule has 0 unspecified atom stereocenters. The molecule has 3 aromatic rings. The third-order valence-electron chi connectivity index (χ3n) is 3.87. The van der Waals surface area contributed by atoms with Gasteiger partial charge in [0.1, 0.15) is 18.1 Å². The summed E-state index contributed by atoms with van der Waals surface area (Å²) in [7, 11) is 0. The van der Waals surface area contributed by atoms with Crippen molar-refractivity contribution in [3.05, 3.63) is 83.3 Å². The Hall–Kier alpha value is -2.76. The Morgan fingerprint density at radius 3 is 2.52 bits per heavy atom. The van der Waals surface area contributed by atoms with Gasteiger partial charge in [-0.05, 0) is 54.1 Å². The molecule has 1 heterocycles. The van der Waals surface area contributed by atoms with Crippen molar-refractivity contribution in [2.45, 2.75) is 19.6 Å². The smallest absolute Gasteiger partial charge is 0.225 e. The maximum atomic E-state index is 12.0. The lowest BCUT2D eigenvalue weighted by molar-refractivity contribution is -0.116. The van der Waals surface area contributed by atoms with Crippen LogP contribution in [0.5, 0.6) is 5.75 Å². The third-order valence-corrected chi connectivity index (χ3v) is 4.12. The summed E-state index contributed by atoms with van der Waals surface area (Å²) >= 11 is 5.87. The Balaban J connectivity index is 1.37. The van der Waals surface area contributed by atoms with Crippen molar-refractivity contribution in [3.8, 4) is 5.75 Å². The van der Waals surface area contributed by atoms with Crippen molar-refractivity contribution >= 4 is 23.2 Å². The van der Waals surface area contributed by atoms with Gasteiger partial charge in [-0.3, -0.25) is 4.79 Å². The number of halogens is 1. The standard InChI is InChI=1S/C21H21ClN2O3/c22-17-5-3-16(4-6-17)15-27-19-9-7-18(8-10-19)24-21(25)11-12-23-14-20-2-1-13-26-20/h1-10,13,23H,11-12,14-15H2,(H,24,25). The van der Waals surface area contributed by atoms with Gasteiger partial charge in [-0.1, -0.05) is 23.7 Å². The van der Waals surface area contributed by atoms with E-state index in [9.17, 15) is 4.79 Å². The summed E-state index contributed by atoms with van der Waals surface area (Å²) in [4.78, 5) is 12.0. The average molecular weight is 385 g/mol. The van der Waals surface area contributed by atoms with Crippen LogP contribution in [0.2, 0.25) is 5.02 Å². The highest BCUT2D eigenvalue weighted by molar-refractivity contribution is 6.30. The first-order valence-electron chi connectivity index (χ1n) is 8.69. The summed E-state index contributed by atoms with van der Waals surface area (Å²) in [5, 5.41) is 6.74. The molecule has 0 fully saturated rings. The predicted molar refractivity (Wildman–Crippen MR) is 106 cm³/mol. The van der Waals surface area contributed by atoms with Crippen molar-refractivity contribution < 1.29 is 13.9 Å². The Morgan fingerprint density at radius 1 is 1.04 bits per heavy atom. The van der Waals surface area contributed by atoms with Crippen LogP contribution in [0.4, 0.5) is 5.69 Å². The second-order valence-electron chi connectivity index (χ2n) is 5.99. The van der Waals surface area contributed by atoms with Crippen molar-refractivity contribution in [2.75, 3.05) is 11.9 Å². The molecule has 3 rings (SSSR count). The number of anilines is 1. The number of ether oxygens (including phenoxy) is 1. The largest absolute Gasteiger partial charge is 0.489 e. The number of benzene rings is 2. The van der Waals surface area contributed by atoms with Gasteiger partial charge in [-0.15, -0.1) is 0 Å². The molecule has 0 aliphatic rings. The van der Waals surface area contributed by atoms with E-state index >= 15 is 0 Å². The van der Waals surface area contributed by atoms with E-state index in [1.165, 1.54) is 0 Å². The summed E-state index contributed by atoms with van der Waals surface area (Å²) in [6, 6.07) is 18.6.